The van der Waals surface area contributed by atoms with Crippen molar-refractivity contribution in [2.45, 2.75) is 11.8 Å². The van der Waals surface area contributed by atoms with Gasteiger partial charge < -0.3 is 0 Å². The zero-order valence-corrected chi connectivity index (χ0v) is 13.7. The molecule has 0 heterocycles. The van der Waals surface area contributed by atoms with Gasteiger partial charge >= 0.3 is 0 Å². The first-order valence-corrected chi connectivity index (χ1v) is 8.10. The largest absolute Gasteiger partial charge is 0.296 e. The van der Waals surface area contributed by atoms with Crippen LogP contribution in [0.2, 0.25) is 0 Å². The molecule has 0 saturated carbocycles. The van der Waals surface area contributed by atoms with E-state index < -0.39 is 10.1 Å². The van der Waals surface area contributed by atoms with Crippen LogP contribution in [0.3, 0.4) is 0 Å². The van der Waals surface area contributed by atoms with Crippen LogP contribution in [-0.4, -0.2) is 15.0 Å². The molecular formula is C11H12BrIO3S. The molecule has 0 aromatic heterocycles. The molecule has 17 heavy (non-hydrogen) atoms. The highest BCUT2D eigenvalue weighted by Gasteiger charge is 2.17. The molecule has 0 radical (unpaired) electrons. The van der Waals surface area contributed by atoms with Crippen molar-refractivity contribution in [3.05, 3.63) is 38.9 Å². The SMILES string of the molecule is C=C(I)[C@H](C)COS(=O)(=O)c1ccc(Br)cc1. The maximum absolute atomic E-state index is 11.8. The summed E-state index contributed by atoms with van der Waals surface area (Å²) in [6.07, 6.45) is 0. The molecule has 1 aromatic carbocycles. The standard InChI is InChI=1S/C11H12BrIO3S/c1-8(9(2)13)7-16-17(14,15)11-5-3-10(12)4-6-11/h3-6,8H,2,7H2,1H3/t8-/m1/s1. The van der Waals surface area contributed by atoms with Crippen LogP contribution in [0.4, 0.5) is 0 Å². The van der Waals surface area contributed by atoms with Crippen LogP contribution in [0.1, 0.15) is 6.92 Å². The van der Waals surface area contributed by atoms with Crippen molar-refractivity contribution in [3.8, 4) is 0 Å². The minimum atomic E-state index is -3.67. The van der Waals surface area contributed by atoms with E-state index in [0.29, 0.717) is 0 Å². The van der Waals surface area contributed by atoms with Gasteiger partial charge in [0.25, 0.3) is 10.1 Å². The van der Waals surface area contributed by atoms with E-state index in [0.717, 1.165) is 8.05 Å². The number of halogens is 2. The van der Waals surface area contributed by atoms with Crippen LogP contribution < -0.4 is 0 Å². The van der Waals surface area contributed by atoms with Crippen LogP contribution in [0.15, 0.2) is 43.8 Å². The maximum atomic E-state index is 11.8. The van der Waals surface area contributed by atoms with E-state index in [1.165, 1.54) is 12.1 Å². The second-order valence-electron chi connectivity index (χ2n) is 3.54. The molecule has 0 unspecified atom stereocenters. The van der Waals surface area contributed by atoms with Gasteiger partial charge in [0.15, 0.2) is 0 Å². The minimum absolute atomic E-state index is 0.000762. The Balaban J connectivity index is 2.76. The average molecular weight is 431 g/mol. The molecule has 0 aliphatic carbocycles. The quantitative estimate of drug-likeness (QED) is 0.527. The zero-order chi connectivity index (χ0) is 13.1. The van der Waals surface area contributed by atoms with E-state index in [-0.39, 0.29) is 17.4 Å². The summed E-state index contributed by atoms with van der Waals surface area (Å²) < 4.78 is 30.3. The predicted molar refractivity (Wildman–Crippen MR) is 79.6 cm³/mol. The molecule has 94 valence electrons. The van der Waals surface area contributed by atoms with Crippen molar-refractivity contribution in [2.75, 3.05) is 6.61 Å². The molecule has 0 spiro atoms. The third kappa shape index (κ3) is 4.69. The van der Waals surface area contributed by atoms with Crippen molar-refractivity contribution < 1.29 is 12.6 Å². The summed E-state index contributed by atoms with van der Waals surface area (Å²) in [6, 6.07) is 6.33. The Bertz CT molecular complexity index is 496. The van der Waals surface area contributed by atoms with Gasteiger partial charge in [0.1, 0.15) is 0 Å². The maximum Gasteiger partial charge on any atom is 0.296 e. The van der Waals surface area contributed by atoms with Crippen LogP contribution in [-0.2, 0) is 14.3 Å². The van der Waals surface area contributed by atoms with E-state index in [4.69, 9.17) is 4.18 Å². The van der Waals surface area contributed by atoms with Gasteiger partial charge in [-0.25, -0.2) is 0 Å². The highest BCUT2D eigenvalue weighted by molar-refractivity contribution is 14.1. The first-order valence-electron chi connectivity index (χ1n) is 4.82. The van der Waals surface area contributed by atoms with Gasteiger partial charge in [-0.3, -0.25) is 4.18 Å². The summed E-state index contributed by atoms with van der Waals surface area (Å²) in [5, 5.41) is 0. The average Bonchev–Trinajstić information content (AvgIpc) is 2.26. The summed E-state index contributed by atoms with van der Waals surface area (Å²) in [7, 11) is -3.67. The van der Waals surface area contributed by atoms with Gasteiger partial charge in [0.05, 0.1) is 11.5 Å². The molecule has 0 amide bonds. The number of hydrogen-bond donors (Lipinski definition) is 0. The normalized spacial score (nSPS) is 13.4. The molecule has 1 atom stereocenters. The molecule has 1 rings (SSSR count). The highest BCUT2D eigenvalue weighted by atomic mass is 127. The summed E-state index contributed by atoms with van der Waals surface area (Å²) in [5.74, 6) is 0.000762. The second-order valence-corrected chi connectivity index (χ2v) is 7.46. The van der Waals surface area contributed by atoms with E-state index in [1.807, 2.05) is 6.92 Å². The van der Waals surface area contributed by atoms with Gasteiger partial charge in [-0.05, 0) is 50.4 Å². The molecule has 0 aliphatic rings. The fourth-order valence-electron chi connectivity index (χ4n) is 0.951. The van der Waals surface area contributed by atoms with Crippen molar-refractivity contribution in [1.29, 1.82) is 0 Å². The lowest BCUT2D eigenvalue weighted by molar-refractivity contribution is 0.287. The first-order chi connectivity index (χ1) is 7.83. The molecule has 0 N–H and O–H groups in total. The third-order valence-corrected chi connectivity index (χ3v) is 5.00. The number of rotatable bonds is 5. The van der Waals surface area contributed by atoms with E-state index in [9.17, 15) is 8.42 Å². The zero-order valence-electron chi connectivity index (χ0n) is 9.19. The fraction of sp³-hybridized carbons (Fsp3) is 0.273. The Morgan fingerprint density at radius 1 is 1.47 bits per heavy atom. The van der Waals surface area contributed by atoms with Gasteiger partial charge in [-0.2, -0.15) is 8.42 Å². The minimum Gasteiger partial charge on any atom is -0.266 e. The summed E-state index contributed by atoms with van der Waals surface area (Å²) in [6.45, 7) is 5.72. The van der Waals surface area contributed by atoms with Gasteiger partial charge in [-0.15, -0.1) is 0 Å². The Kier molecular flexibility index (Phi) is 5.62. The molecule has 1 aromatic rings. The molecule has 0 aliphatic heterocycles. The molecule has 0 bridgehead atoms. The molecule has 0 fully saturated rings. The van der Waals surface area contributed by atoms with E-state index >= 15 is 0 Å². The smallest absolute Gasteiger partial charge is 0.266 e. The summed E-state index contributed by atoms with van der Waals surface area (Å²) in [5.41, 5.74) is 0. The Hall–Kier alpha value is 0.0800. The summed E-state index contributed by atoms with van der Waals surface area (Å²) >= 11 is 5.31. The van der Waals surface area contributed by atoms with E-state index in [2.05, 4.69) is 45.1 Å². The lowest BCUT2D eigenvalue weighted by Crippen LogP contribution is -2.12. The number of benzene rings is 1. The second kappa shape index (κ2) is 6.31. The fourth-order valence-corrected chi connectivity index (χ4v) is 2.38. The van der Waals surface area contributed by atoms with Crippen LogP contribution in [0, 0.1) is 5.92 Å². The van der Waals surface area contributed by atoms with Crippen LogP contribution in [0.5, 0.6) is 0 Å². The highest BCUT2D eigenvalue weighted by Crippen LogP contribution is 2.20. The lowest BCUT2D eigenvalue weighted by atomic mass is 10.2. The Labute approximate surface area is 124 Å². The monoisotopic (exact) mass is 430 g/mol. The molecular weight excluding hydrogens is 419 g/mol. The summed E-state index contributed by atoms with van der Waals surface area (Å²) in [4.78, 5) is 0.159. The Morgan fingerprint density at radius 3 is 2.47 bits per heavy atom. The topological polar surface area (TPSA) is 43.4 Å². The molecule has 0 saturated heterocycles. The van der Waals surface area contributed by atoms with Gasteiger partial charge in [-0.1, -0.05) is 29.4 Å². The third-order valence-electron chi connectivity index (χ3n) is 2.11. The van der Waals surface area contributed by atoms with Crippen LogP contribution >= 0.6 is 38.5 Å². The molecule has 6 heteroatoms. The van der Waals surface area contributed by atoms with Crippen molar-refractivity contribution in [1.82, 2.24) is 0 Å². The van der Waals surface area contributed by atoms with Crippen molar-refractivity contribution in [3.63, 3.8) is 0 Å². The molecule has 3 nitrogen and oxygen atoms in total. The van der Waals surface area contributed by atoms with E-state index in [1.54, 1.807) is 12.1 Å². The predicted octanol–water partition coefficient (Wildman–Crippen LogP) is 3.74. The first kappa shape index (κ1) is 15.1. The van der Waals surface area contributed by atoms with Crippen molar-refractivity contribution >= 4 is 48.6 Å². The van der Waals surface area contributed by atoms with Crippen molar-refractivity contribution in [2.24, 2.45) is 5.92 Å². The lowest BCUT2D eigenvalue weighted by Gasteiger charge is -2.10. The number of hydrogen-bond acceptors (Lipinski definition) is 3. The van der Waals surface area contributed by atoms with Crippen LogP contribution in [0.25, 0.3) is 0 Å². The Morgan fingerprint density at radius 2 is 2.00 bits per heavy atom. The van der Waals surface area contributed by atoms with Gasteiger partial charge in [0, 0.05) is 10.4 Å². The van der Waals surface area contributed by atoms with Gasteiger partial charge in [0.2, 0.25) is 0 Å².